The molecule has 0 amide bonds. The molecule has 0 unspecified atom stereocenters. The van der Waals surface area contributed by atoms with Gasteiger partial charge in [0.25, 0.3) is 15.6 Å². The van der Waals surface area contributed by atoms with Gasteiger partial charge in [-0.25, -0.2) is 8.42 Å². The van der Waals surface area contributed by atoms with Gasteiger partial charge in [0.05, 0.1) is 16.8 Å². The maximum atomic E-state index is 12.6. The summed E-state index contributed by atoms with van der Waals surface area (Å²) in [7, 11) is -3.76. The molecule has 0 aliphatic carbocycles. The highest BCUT2D eigenvalue weighted by atomic mass is 32.2. The van der Waals surface area contributed by atoms with E-state index >= 15 is 0 Å². The fourth-order valence-electron chi connectivity index (χ4n) is 2.63. The third-order valence-electron chi connectivity index (χ3n) is 4.03. The van der Waals surface area contributed by atoms with E-state index < -0.39 is 16.0 Å². The monoisotopic (exact) mass is 414 g/mol. The number of pyridine rings is 2. The first-order valence-electron chi connectivity index (χ1n) is 8.59. The van der Waals surface area contributed by atoms with Crippen LogP contribution < -0.4 is 10.3 Å². The number of hydrogen-bond donors (Lipinski definition) is 4. The number of rotatable bonds is 4. The van der Waals surface area contributed by atoms with E-state index in [4.69, 9.17) is 5.11 Å². The van der Waals surface area contributed by atoms with Crippen molar-refractivity contribution in [1.82, 2.24) is 15.0 Å². The summed E-state index contributed by atoms with van der Waals surface area (Å²) >= 11 is 0. The summed E-state index contributed by atoms with van der Waals surface area (Å²) in [4.78, 5) is 30.9. The summed E-state index contributed by atoms with van der Waals surface area (Å²) in [6.07, 6.45) is 4.86. The maximum absolute atomic E-state index is 12.6. The summed E-state index contributed by atoms with van der Waals surface area (Å²) in [5.41, 5.74) is 1.13. The van der Waals surface area contributed by atoms with Crippen LogP contribution in [0.3, 0.4) is 0 Å². The number of nitrogens with one attached hydrogen (secondary N) is 3. The second-order valence-electron chi connectivity index (χ2n) is 6.02. The number of aromatic amines is 2. The number of carboxylic acid groups (broad SMARTS) is 1. The summed E-state index contributed by atoms with van der Waals surface area (Å²) in [6.45, 7) is 1.60. The molecule has 4 rings (SSSR count). The minimum absolute atomic E-state index is 0.105. The molecule has 0 aliphatic rings. The Morgan fingerprint density at radius 2 is 1.97 bits per heavy atom. The number of aliphatic carboxylic acids is 1. The lowest BCUT2D eigenvalue weighted by Crippen LogP contribution is -2.13. The highest BCUT2D eigenvalue weighted by molar-refractivity contribution is 7.92. The van der Waals surface area contributed by atoms with Gasteiger partial charge in [0.1, 0.15) is 5.52 Å². The van der Waals surface area contributed by atoms with E-state index in [9.17, 15) is 18.0 Å². The number of carboxylic acids is 1. The van der Waals surface area contributed by atoms with E-state index in [0.717, 1.165) is 0 Å². The summed E-state index contributed by atoms with van der Waals surface area (Å²) in [6, 6.07) is 9.59. The van der Waals surface area contributed by atoms with Crippen LogP contribution in [0, 0.1) is 0 Å². The highest BCUT2D eigenvalue weighted by Crippen LogP contribution is 2.24. The second kappa shape index (κ2) is 8.15. The van der Waals surface area contributed by atoms with Crippen LogP contribution in [-0.2, 0) is 14.8 Å². The molecular formula is C19H18N4O5S. The maximum Gasteiger partial charge on any atom is 0.303 e. The molecule has 0 radical (unpaired) electrons. The Morgan fingerprint density at radius 1 is 1.21 bits per heavy atom. The largest absolute Gasteiger partial charge is 0.481 e. The van der Waals surface area contributed by atoms with Crippen molar-refractivity contribution < 1.29 is 18.3 Å². The van der Waals surface area contributed by atoms with E-state index in [2.05, 4.69) is 19.7 Å². The number of anilines is 1. The van der Waals surface area contributed by atoms with E-state index in [1.807, 2.05) is 0 Å². The molecule has 0 aliphatic heterocycles. The van der Waals surface area contributed by atoms with Crippen LogP contribution in [0.2, 0.25) is 0 Å². The molecule has 9 nitrogen and oxygen atoms in total. The van der Waals surface area contributed by atoms with Crippen molar-refractivity contribution >= 4 is 43.5 Å². The van der Waals surface area contributed by atoms with Crippen molar-refractivity contribution in [2.24, 2.45) is 0 Å². The number of fused-ring (bicyclic) bond motifs is 3. The van der Waals surface area contributed by atoms with Gasteiger partial charge in [-0.1, -0.05) is 6.92 Å². The predicted molar refractivity (Wildman–Crippen MR) is 109 cm³/mol. The quantitative estimate of drug-likeness (QED) is 0.404. The molecule has 4 N–H and O–H groups in total. The van der Waals surface area contributed by atoms with Crippen molar-refractivity contribution in [1.29, 1.82) is 0 Å². The van der Waals surface area contributed by atoms with Crippen LogP contribution in [-0.4, -0.2) is 34.4 Å². The second-order valence-corrected chi connectivity index (χ2v) is 7.70. The first-order chi connectivity index (χ1) is 13.8. The fourth-order valence-corrected chi connectivity index (χ4v) is 3.70. The Kier molecular flexibility index (Phi) is 5.64. The lowest BCUT2D eigenvalue weighted by molar-refractivity contribution is -0.136. The van der Waals surface area contributed by atoms with Crippen LogP contribution in [0.4, 0.5) is 5.69 Å². The van der Waals surface area contributed by atoms with Gasteiger partial charge >= 0.3 is 5.97 Å². The molecule has 3 aromatic heterocycles. The van der Waals surface area contributed by atoms with E-state index in [1.54, 1.807) is 49.6 Å². The molecule has 0 saturated carbocycles. The Hall–Kier alpha value is -3.66. The molecule has 0 spiro atoms. The summed E-state index contributed by atoms with van der Waals surface area (Å²) in [5.74, 6) is -0.745. The standard InChI is InChI=1S/C16H12N4O3S.C3H6O2/c21-16-15-12(5-7-18-15)13-8-11(3-4-14(13)19-16)24(22,23)20-10-2-1-6-17-9-10;1-2-3(4)5/h1-9,18,20H,(H,19,21);2H2,1H3,(H,4,5). The predicted octanol–water partition coefficient (Wildman–Crippen LogP) is 2.69. The molecule has 0 fully saturated rings. The minimum Gasteiger partial charge on any atom is -0.481 e. The zero-order valence-electron chi connectivity index (χ0n) is 15.3. The Morgan fingerprint density at radius 3 is 2.62 bits per heavy atom. The van der Waals surface area contributed by atoms with E-state index in [-0.39, 0.29) is 16.9 Å². The first-order valence-corrected chi connectivity index (χ1v) is 10.1. The molecular weight excluding hydrogens is 396 g/mol. The molecule has 29 heavy (non-hydrogen) atoms. The van der Waals surface area contributed by atoms with Gasteiger partial charge < -0.3 is 15.1 Å². The lowest BCUT2D eigenvalue weighted by atomic mass is 10.1. The number of H-pyrrole nitrogens is 2. The summed E-state index contributed by atoms with van der Waals surface area (Å²) < 4.78 is 27.6. The topological polar surface area (TPSA) is 145 Å². The molecule has 0 atom stereocenters. The van der Waals surface area contributed by atoms with Crippen LogP contribution in [0.15, 0.2) is 64.7 Å². The third-order valence-corrected chi connectivity index (χ3v) is 5.41. The fraction of sp³-hybridized carbons (Fsp3) is 0.105. The normalized spacial score (nSPS) is 11.1. The SMILES string of the molecule is CCC(=O)O.O=c1[nH]c2ccc(S(=O)(=O)Nc3cccnc3)cc2c2cc[nH]c12. The Bertz CT molecular complexity index is 1330. The van der Waals surface area contributed by atoms with Gasteiger partial charge in [0.15, 0.2) is 0 Å². The zero-order valence-corrected chi connectivity index (χ0v) is 16.2. The van der Waals surface area contributed by atoms with Crippen LogP contribution >= 0.6 is 0 Å². The van der Waals surface area contributed by atoms with Crippen molar-refractivity contribution in [3.05, 3.63) is 65.3 Å². The van der Waals surface area contributed by atoms with Crippen LogP contribution in [0.1, 0.15) is 13.3 Å². The number of hydrogen-bond acceptors (Lipinski definition) is 5. The Labute approximate surface area is 165 Å². The minimum atomic E-state index is -3.76. The van der Waals surface area contributed by atoms with E-state index in [0.29, 0.717) is 27.5 Å². The molecule has 150 valence electrons. The number of carbonyl (C=O) groups is 1. The van der Waals surface area contributed by atoms with Gasteiger partial charge in [-0.05, 0) is 36.4 Å². The molecule has 10 heteroatoms. The van der Waals surface area contributed by atoms with Crippen molar-refractivity contribution in [2.75, 3.05) is 4.72 Å². The van der Waals surface area contributed by atoms with Crippen LogP contribution in [0.25, 0.3) is 21.8 Å². The highest BCUT2D eigenvalue weighted by Gasteiger charge is 2.16. The van der Waals surface area contributed by atoms with Gasteiger partial charge in [-0.3, -0.25) is 19.3 Å². The average Bonchev–Trinajstić information content (AvgIpc) is 3.19. The van der Waals surface area contributed by atoms with Gasteiger partial charge in [-0.15, -0.1) is 0 Å². The third kappa shape index (κ3) is 4.43. The smallest absolute Gasteiger partial charge is 0.303 e. The molecule has 0 bridgehead atoms. The molecule has 4 aromatic rings. The lowest BCUT2D eigenvalue weighted by Gasteiger charge is -2.09. The molecule has 1 aromatic carbocycles. The number of nitrogens with zero attached hydrogens (tertiary/aromatic N) is 1. The number of benzene rings is 1. The summed E-state index contributed by atoms with van der Waals surface area (Å²) in [5, 5.41) is 9.05. The van der Waals surface area contributed by atoms with E-state index in [1.165, 1.54) is 12.3 Å². The average molecular weight is 414 g/mol. The van der Waals surface area contributed by atoms with Gasteiger partial charge in [0.2, 0.25) is 0 Å². The molecule has 3 heterocycles. The number of aromatic nitrogens is 3. The first kappa shape index (κ1) is 20.1. The van der Waals surface area contributed by atoms with Crippen molar-refractivity contribution in [2.45, 2.75) is 18.2 Å². The van der Waals surface area contributed by atoms with Gasteiger partial charge in [-0.2, -0.15) is 0 Å². The van der Waals surface area contributed by atoms with Crippen molar-refractivity contribution in [3.63, 3.8) is 0 Å². The van der Waals surface area contributed by atoms with Crippen molar-refractivity contribution in [3.8, 4) is 0 Å². The van der Waals surface area contributed by atoms with Gasteiger partial charge in [0, 0.05) is 35.1 Å². The zero-order chi connectivity index (χ0) is 21.0. The molecule has 0 saturated heterocycles. The number of sulfonamides is 1. The van der Waals surface area contributed by atoms with Crippen LogP contribution in [0.5, 0.6) is 0 Å². The Balaban J connectivity index is 0.000000431.